The van der Waals surface area contributed by atoms with Crippen LogP contribution in [0.2, 0.25) is 0 Å². The number of alkyl carbamates (subject to hydrolysis) is 1. The lowest BCUT2D eigenvalue weighted by Crippen LogP contribution is -2.45. The summed E-state index contributed by atoms with van der Waals surface area (Å²) in [5.41, 5.74) is 2.16. The maximum absolute atomic E-state index is 12.8. The van der Waals surface area contributed by atoms with Gasteiger partial charge in [0.1, 0.15) is 12.6 Å². The van der Waals surface area contributed by atoms with Crippen LogP contribution in [0.1, 0.15) is 16.8 Å². The van der Waals surface area contributed by atoms with E-state index in [0.717, 1.165) is 11.3 Å². The van der Waals surface area contributed by atoms with Crippen molar-refractivity contribution >= 4 is 34.2 Å². The van der Waals surface area contributed by atoms with Gasteiger partial charge in [-0.3, -0.25) is 14.9 Å². The first kappa shape index (κ1) is 21.9. The van der Waals surface area contributed by atoms with Crippen molar-refractivity contribution in [3.63, 3.8) is 0 Å². The van der Waals surface area contributed by atoms with E-state index < -0.39 is 23.0 Å². The number of amides is 2. The molecule has 0 saturated heterocycles. The number of nitro benzene ring substituents is 1. The molecule has 1 atom stereocenters. The number of aryl methyl sites for hydroxylation is 1. The fraction of sp³-hybridized carbons (Fsp3) is 0.190. The third kappa shape index (κ3) is 6.61. The Morgan fingerprint density at radius 3 is 2.45 bits per heavy atom. The van der Waals surface area contributed by atoms with Crippen LogP contribution in [0.15, 0.2) is 60.0 Å². The summed E-state index contributed by atoms with van der Waals surface area (Å²) in [5.74, 6) is -0.468. The molecule has 1 aromatic heterocycles. The summed E-state index contributed by atoms with van der Waals surface area (Å²) < 4.78 is 5.22. The van der Waals surface area contributed by atoms with Crippen molar-refractivity contribution in [3.05, 3.63) is 86.9 Å². The van der Waals surface area contributed by atoms with E-state index in [1.807, 2.05) is 30.3 Å². The van der Waals surface area contributed by atoms with Gasteiger partial charge < -0.3 is 15.4 Å². The van der Waals surface area contributed by atoms with Gasteiger partial charge in [-0.05, 0) is 18.1 Å². The number of non-ortho nitro benzene ring substituents is 1. The number of hydrogen-bond donors (Lipinski definition) is 2. The molecule has 0 unspecified atom stereocenters. The van der Waals surface area contributed by atoms with Gasteiger partial charge in [0.15, 0.2) is 5.13 Å². The van der Waals surface area contributed by atoms with Crippen molar-refractivity contribution in [2.24, 2.45) is 0 Å². The number of benzene rings is 2. The molecule has 0 bridgehead atoms. The smallest absolute Gasteiger partial charge is 0.408 e. The van der Waals surface area contributed by atoms with E-state index in [2.05, 4.69) is 15.6 Å². The summed E-state index contributed by atoms with van der Waals surface area (Å²) in [6.07, 6.45) is -0.629. The summed E-state index contributed by atoms with van der Waals surface area (Å²) in [6, 6.07) is 14.0. The molecule has 0 aliphatic rings. The van der Waals surface area contributed by atoms with Gasteiger partial charge in [-0.2, -0.15) is 0 Å². The quantitative estimate of drug-likeness (QED) is 0.405. The zero-order chi connectivity index (χ0) is 22.2. The molecule has 160 valence electrons. The van der Waals surface area contributed by atoms with Crippen molar-refractivity contribution in [3.8, 4) is 0 Å². The van der Waals surface area contributed by atoms with Gasteiger partial charge in [0, 0.05) is 23.9 Å². The average Bonchev–Trinajstić information content (AvgIpc) is 3.17. The molecule has 2 aromatic carbocycles. The van der Waals surface area contributed by atoms with E-state index >= 15 is 0 Å². The Bertz CT molecular complexity index is 1050. The van der Waals surface area contributed by atoms with Crippen LogP contribution >= 0.6 is 11.3 Å². The van der Waals surface area contributed by atoms with Crippen LogP contribution in [0.5, 0.6) is 0 Å². The van der Waals surface area contributed by atoms with E-state index in [4.69, 9.17) is 4.74 Å². The molecule has 10 heteroatoms. The van der Waals surface area contributed by atoms with Crippen LogP contribution in [-0.2, 0) is 22.6 Å². The van der Waals surface area contributed by atoms with Gasteiger partial charge in [0.05, 0.1) is 10.6 Å². The highest BCUT2D eigenvalue weighted by molar-refractivity contribution is 7.13. The van der Waals surface area contributed by atoms with Gasteiger partial charge >= 0.3 is 6.09 Å². The SMILES string of the molecule is Cc1csc(NC(=O)[C@H](Cc2ccc([N+](=O)[O-])cc2)NC(=O)OCc2ccccc2)n1. The molecule has 0 radical (unpaired) electrons. The van der Waals surface area contributed by atoms with Crippen molar-refractivity contribution in [2.45, 2.75) is 26.0 Å². The number of aromatic nitrogens is 1. The first-order valence-corrected chi connectivity index (χ1v) is 10.2. The van der Waals surface area contributed by atoms with Crippen molar-refractivity contribution < 1.29 is 19.2 Å². The third-order valence-electron chi connectivity index (χ3n) is 4.26. The Morgan fingerprint density at radius 1 is 1.13 bits per heavy atom. The lowest BCUT2D eigenvalue weighted by atomic mass is 10.1. The molecule has 3 aromatic rings. The fourth-order valence-corrected chi connectivity index (χ4v) is 3.40. The molecule has 3 rings (SSSR count). The van der Waals surface area contributed by atoms with Crippen LogP contribution in [0.25, 0.3) is 0 Å². The number of rotatable bonds is 8. The number of hydrogen-bond acceptors (Lipinski definition) is 7. The summed E-state index contributed by atoms with van der Waals surface area (Å²) in [6.45, 7) is 1.87. The topological polar surface area (TPSA) is 123 Å². The molecule has 9 nitrogen and oxygen atoms in total. The van der Waals surface area contributed by atoms with E-state index in [-0.39, 0.29) is 18.7 Å². The van der Waals surface area contributed by atoms with Crippen LogP contribution in [0.3, 0.4) is 0 Å². The highest BCUT2D eigenvalue weighted by atomic mass is 32.1. The zero-order valence-corrected chi connectivity index (χ0v) is 17.4. The van der Waals surface area contributed by atoms with Crippen LogP contribution in [0, 0.1) is 17.0 Å². The average molecular weight is 440 g/mol. The van der Waals surface area contributed by atoms with Crippen molar-refractivity contribution in [1.29, 1.82) is 0 Å². The molecule has 0 fully saturated rings. The maximum atomic E-state index is 12.8. The van der Waals surface area contributed by atoms with E-state index in [1.165, 1.54) is 23.5 Å². The molecular formula is C21H20N4O5S. The van der Waals surface area contributed by atoms with E-state index in [0.29, 0.717) is 10.7 Å². The third-order valence-corrected chi connectivity index (χ3v) is 5.13. The fourth-order valence-electron chi connectivity index (χ4n) is 2.71. The summed E-state index contributed by atoms with van der Waals surface area (Å²) in [5, 5.41) is 18.3. The first-order valence-electron chi connectivity index (χ1n) is 9.34. The maximum Gasteiger partial charge on any atom is 0.408 e. The molecule has 31 heavy (non-hydrogen) atoms. The predicted molar refractivity (Wildman–Crippen MR) is 116 cm³/mol. The highest BCUT2D eigenvalue weighted by Crippen LogP contribution is 2.17. The van der Waals surface area contributed by atoms with Gasteiger partial charge in [0.2, 0.25) is 5.91 Å². The largest absolute Gasteiger partial charge is 0.445 e. The van der Waals surface area contributed by atoms with Crippen LogP contribution < -0.4 is 10.6 Å². The molecule has 0 aliphatic carbocycles. The zero-order valence-electron chi connectivity index (χ0n) is 16.6. The molecule has 0 saturated carbocycles. The number of anilines is 1. The Balaban J connectivity index is 1.68. The van der Waals surface area contributed by atoms with Crippen molar-refractivity contribution in [1.82, 2.24) is 10.3 Å². The van der Waals surface area contributed by atoms with E-state index in [9.17, 15) is 19.7 Å². The lowest BCUT2D eigenvalue weighted by Gasteiger charge is -2.18. The Hall–Kier alpha value is -3.79. The number of ether oxygens (including phenoxy) is 1. The Kier molecular flexibility index (Phi) is 7.28. The van der Waals surface area contributed by atoms with Gasteiger partial charge in [0.25, 0.3) is 5.69 Å². The number of nitro groups is 1. The molecule has 2 N–H and O–H groups in total. The highest BCUT2D eigenvalue weighted by Gasteiger charge is 2.23. The van der Waals surface area contributed by atoms with Crippen LogP contribution in [0.4, 0.5) is 15.6 Å². The van der Waals surface area contributed by atoms with Gasteiger partial charge in [-0.15, -0.1) is 11.3 Å². The summed E-state index contributed by atoms with van der Waals surface area (Å²) in [4.78, 5) is 39.6. The second-order valence-corrected chi connectivity index (χ2v) is 7.53. The summed E-state index contributed by atoms with van der Waals surface area (Å²) in [7, 11) is 0. The number of nitrogens with one attached hydrogen (secondary N) is 2. The van der Waals surface area contributed by atoms with E-state index in [1.54, 1.807) is 24.4 Å². The minimum Gasteiger partial charge on any atom is -0.445 e. The van der Waals surface area contributed by atoms with Crippen LogP contribution in [-0.4, -0.2) is 27.9 Å². The second kappa shape index (κ2) is 10.3. The molecule has 0 spiro atoms. The lowest BCUT2D eigenvalue weighted by molar-refractivity contribution is -0.384. The number of carbonyl (C=O) groups is 2. The number of thiazole rings is 1. The minimum absolute atomic E-state index is 0.0572. The Morgan fingerprint density at radius 2 is 1.84 bits per heavy atom. The number of carbonyl (C=O) groups excluding carboxylic acids is 2. The summed E-state index contributed by atoms with van der Waals surface area (Å²) >= 11 is 1.27. The normalized spacial score (nSPS) is 11.4. The standard InChI is InChI=1S/C21H20N4O5S/c1-14-13-31-20(22-14)24-19(26)18(11-15-7-9-17(10-8-15)25(28)29)23-21(27)30-12-16-5-3-2-4-6-16/h2-10,13,18H,11-12H2,1H3,(H,23,27)(H,22,24,26)/t18-/m0/s1. The van der Waals surface area contributed by atoms with Crippen molar-refractivity contribution in [2.75, 3.05) is 5.32 Å². The predicted octanol–water partition coefficient (Wildman–Crippen LogP) is 3.84. The molecule has 2 amide bonds. The number of nitrogens with zero attached hydrogens (tertiary/aromatic N) is 2. The molecule has 1 heterocycles. The van der Waals surface area contributed by atoms with Gasteiger partial charge in [-0.25, -0.2) is 9.78 Å². The second-order valence-electron chi connectivity index (χ2n) is 6.67. The Labute approximate surface area is 182 Å². The minimum atomic E-state index is -0.964. The molecular weight excluding hydrogens is 420 g/mol. The molecule has 0 aliphatic heterocycles. The van der Waals surface area contributed by atoms with Gasteiger partial charge in [-0.1, -0.05) is 42.5 Å². The monoisotopic (exact) mass is 440 g/mol. The first-order chi connectivity index (χ1) is 14.9.